The van der Waals surface area contributed by atoms with Crippen molar-refractivity contribution < 1.29 is 4.79 Å². The smallest absolute Gasteiger partial charge is 0.319 e. The normalized spacial score (nSPS) is 10.3. The average Bonchev–Trinajstić information content (AvgIpc) is 2.54. The fraction of sp³-hybridized carbons (Fsp3) is 0.389. The highest BCUT2D eigenvalue weighted by molar-refractivity contribution is 5.89. The fourth-order valence-electron chi connectivity index (χ4n) is 2.20. The summed E-state index contributed by atoms with van der Waals surface area (Å²) in [6.45, 7) is 6.99. The number of nitrogens with zero attached hydrogens (tertiary/aromatic N) is 3. The molecular weight excluding hydrogens is 316 g/mol. The largest absolute Gasteiger partial charge is 0.363 e. The molecule has 2 amide bonds. The van der Waals surface area contributed by atoms with Gasteiger partial charge < -0.3 is 20.9 Å². The van der Waals surface area contributed by atoms with Crippen molar-refractivity contribution in [3.8, 4) is 0 Å². The summed E-state index contributed by atoms with van der Waals surface area (Å²) in [5.41, 5.74) is 4.02. The van der Waals surface area contributed by atoms with E-state index >= 15 is 0 Å². The molecule has 0 radical (unpaired) electrons. The first-order valence-electron chi connectivity index (χ1n) is 8.24. The average molecular weight is 342 g/mol. The number of carbonyl (C=O) groups excluding carboxylic acids is 1. The van der Waals surface area contributed by atoms with Crippen LogP contribution in [0.1, 0.15) is 16.8 Å². The van der Waals surface area contributed by atoms with Gasteiger partial charge in [0.05, 0.1) is 0 Å². The minimum atomic E-state index is -0.232. The van der Waals surface area contributed by atoms with Crippen LogP contribution in [-0.4, -0.2) is 43.2 Å². The highest BCUT2D eigenvalue weighted by atomic mass is 16.2. The Labute approximate surface area is 148 Å². The molecule has 7 nitrogen and oxygen atoms in total. The molecule has 1 aromatic carbocycles. The van der Waals surface area contributed by atoms with Crippen LogP contribution in [0.15, 0.2) is 24.3 Å². The van der Waals surface area contributed by atoms with Gasteiger partial charge >= 0.3 is 6.03 Å². The van der Waals surface area contributed by atoms with E-state index in [0.717, 1.165) is 22.8 Å². The van der Waals surface area contributed by atoms with Crippen molar-refractivity contribution in [3.05, 3.63) is 41.1 Å². The summed E-state index contributed by atoms with van der Waals surface area (Å²) in [5, 5.41) is 8.76. The van der Waals surface area contributed by atoms with E-state index < -0.39 is 0 Å². The first kappa shape index (κ1) is 18.5. The summed E-state index contributed by atoms with van der Waals surface area (Å²) >= 11 is 0. The monoisotopic (exact) mass is 342 g/mol. The lowest BCUT2D eigenvalue weighted by atomic mass is 10.1. The molecule has 1 aromatic heterocycles. The van der Waals surface area contributed by atoms with Crippen LogP contribution in [0.5, 0.6) is 0 Å². The molecule has 7 heteroatoms. The van der Waals surface area contributed by atoms with E-state index in [2.05, 4.69) is 25.9 Å². The van der Waals surface area contributed by atoms with Gasteiger partial charge in [-0.3, -0.25) is 0 Å². The van der Waals surface area contributed by atoms with Gasteiger partial charge in [0.1, 0.15) is 5.82 Å². The van der Waals surface area contributed by atoms with E-state index in [4.69, 9.17) is 0 Å². The van der Waals surface area contributed by atoms with Gasteiger partial charge in [0.25, 0.3) is 0 Å². The van der Waals surface area contributed by atoms with Crippen molar-refractivity contribution in [3.63, 3.8) is 0 Å². The SMILES string of the molecule is Cc1cc(N(C)C)nc(NCCNC(=O)Nc2ccc(C)c(C)c2)n1. The van der Waals surface area contributed by atoms with E-state index in [-0.39, 0.29) is 6.03 Å². The predicted octanol–water partition coefficient (Wildman–Crippen LogP) is 2.70. The van der Waals surface area contributed by atoms with Gasteiger partial charge in [-0.25, -0.2) is 9.78 Å². The fourth-order valence-corrected chi connectivity index (χ4v) is 2.20. The van der Waals surface area contributed by atoms with Crippen molar-refractivity contribution in [2.45, 2.75) is 20.8 Å². The van der Waals surface area contributed by atoms with Crippen LogP contribution >= 0.6 is 0 Å². The number of nitrogens with one attached hydrogen (secondary N) is 3. The number of hydrogen-bond acceptors (Lipinski definition) is 5. The number of hydrogen-bond donors (Lipinski definition) is 3. The van der Waals surface area contributed by atoms with Gasteiger partial charge in [0.2, 0.25) is 5.95 Å². The van der Waals surface area contributed by atoms with Crippen LogP contribution in [-0.2, 0) is 0 Å². The number of amides is 2. The van der Waals surface area contributed by atoms with Crippen LogP contribution in [0.3, 0.4) is 0 Å². The first-order chi connectivity index (χ1) is 11.8. The molecule has 25 heavy (non-hydrogen) atoms. The Hall–Kier alpha value is -2.83. The second kappa shape index (κ2) is 8.32. The third-order valence-electron chi connectivity index (χ3n) is 3.76. The molecule has 2 rings (SSSR count). The standard InChI is InChI=1S/C18H26N6O/c1-12-6-7-15(10-13(12)2)22-18(25)20-9-8-19-17-21-14(3)11-16(23-17)24(4)5/h6-7,10-11H,8-9H2,1-5H3,(H,19,21,23)(H2,20,22,25). The van der Waals surface area contributed by atoms with Crippen molar-refractivity contribution in [1.82, 2.24) is 15.3 Å². The zero-order valence-corrected chi connectivity index (χ0v) is 15.5. The summed E-state index contributed by atoms with van der Waals surface area (Å²) in [6.07, 6.45) is 0. The Morgan fingerprint density at radius 2 is 1.80 bits per heavy atom. The third kappa shape index (κ3) is 5.63. The Bertz CT molecular complexity index is 744. The molecule has 3 N–H and O–H groups in total. The molecule has 134 valence electrons. The molecule has 1 heterocycles. The summed E-state index contributed by atoms with van der Waals surface area (Å²) in [5.74, 6) is 1.40. The Morgan fingerprint density at radius 3 is 2.48 bits per heavy atom. The van der Waals surface area contributed by atoms with Crippen molar-refractivity contribution in [1.29, 1.82) is 0 Å². The molecule has 2 aromatic rings. The number of carbonyl (C=O) groups is 1. The maximum atomic E-state index is 11.9. The number of anilines is 3. The van der Waals surface area contributed by atoms with Crippen LogP contribution in [0, 0.1) is 20.8 Å². The number of urea groups is 1. The van der Waals surface area contributed by atoms with Crippen LogP contribution in [0.25, 0.3) is 0 Å². The maximum absolute atomic E-state index is 11.9. The lowest BCUT2D eigenvalue weighted by molar-refractivity contribution is 0.252. The molecule has 0 aliphatic rings. The van der Waals surface area contributed by atoms with Crippen molar-refractivity contribution >= 4 is 23.5 Å². The first-order valence-corrected chi connectivity index (χ1v) is 8.24. The van der Waals surface area contributed by atoms with Gasteiger partial charge in [-0.2, -0.15) is 4.98 Å². The number of aryl methyl sites for hydroxylation is 3. The van der Waals surface area contributed by atoms with Gasteiger partial charge in [0.15, 0.2) is 0 Å². The van der Waals surface area contributed by atoms with E-state index in [1.165, 1.54) is 5.56 Å². The lowest BCUT2D eigenvalue weighted by Gasteiger charge is -2.14. The third-order valence-corrected chi connectivity index (χ3v) is 3.76. The molecule has 0 saturated carbocycles. The minimum absolute atomic E-state index is 0.232. The molecule has 0 aliphatic heterocycles. The minimum Gasteiger partial charge on any atom is -0.363 e. The summed E-state index contributed by atoms with van der Waals surface area (Å²) in [6, 6.07) is 7.52. The number of aromatic nitrogens is 2. The second-order valence-corrected chi connectivity index (χ2v) is 6.19. The summed E-state index contributed by atoms with van der Waals surface area (Å²) in [4.78, 5) is 22.6. The Kier molecular flexibility index (Phi) is 6.16. The Morgan fingerprint density at radius 1 is 1.04 bits per heavy atom. The molecule has 0 unspecified atom stereocenters. The van der Waals surface area contributed by atoms with E-state index in [1.807, 2.05) is 64.0 Å². The molecule has 0 fully saturated rings. The molecular formula is C18H26N6O. The predicted molar refractivity (Wildman–Crippen MR) is 103 cm³/mol. The lowest BCUT2D eigenvalue weighted by Crippen LogP contribution is -2.32. The van der Waals surface area contributed by atoms with Gasteiger partial charge in [-0.1, -0.05) is 6.07 Å². The van der Waals surface area contributed by atoms with Gasteiger partial charge in [0, 0.05) is 44.6 Å². The number of rotatable bonds is 6. The summed E-state index contributed by atoms with van der Waals surface area (Å²) < 4.78 is 0. The van der Waals surface area contributed by atoms with Crippen molar-refractivity contribution in [2.24, 2.45) is 0 Å². The number of benzene rings is 1. The second-order valence-electron chi connectivity index (χ2n) is 6.19. The molecule has 0 spiro atoms. The zero-order chi connectivity index (χ0) is 18.4. The topological polar surface area (TPSA) is 82.2 Å². The Balaban J connectivity index is 1.79. The molecule has 0 atom stereocenters. The van der Waals surface area contributed by atoms with E-state index in [0.29, 0.717) is 19.0 Å². The molecule has 0 aliphatic carbocycles. The van der Waals surface area contributed by atoms with Gasteiger partial charge in [-0.15, -0.1) is 0 Å². The quantitative estimate of drug-likeness (QED) is 0.703. The van der Waals surface area contributed by atoms with Crippen LogP contribution in [0.4, 0.5) is 22.2 Å². The highest BCUT2D eigenvalue weighted by Gasteiger charge is 2.05. The van der Waals surface area contributed by atoms with Crippen LogP contribution < -0.4 is 20.9 Å². The van der Waals surface area contributed by atoms with Gasteiger partial charge in [-0.05, 0) is 44.0 Å². The zero-order valence-electron chi connectivity index (χ0n) is 15.5. The maximum Gasteiger partial charge on any atom is 0.319 e. The van der Waals surface area contributed by atoms with E-state index in [1.54, 1.807) is 0 Å². The van der Waals surface area contributed by atoms with E-state index in [9.17, 15) is 4.79 Å². The molecule has 0 bridgehead atoms. The van der Waals surface area contributed by atoms with Crippen molar-refractivity contribution in [2.75, 3.05) is 42.7 Å². The van der Waals surface area contributed by atoms with Crippen LogP contribution in [0.2, 0.25) is 0 Å². The highest BCUT2D eigenvalue weighted by Crippen LogP contribution is 2.14. The summed E-state index contributed by atoms with van der Waals surface area (Å²) in [7, 11) is 3.87. The molecule has 0 saturated heterocycles.